The van der Waals surface area contributed by atoms with E-state index in [-0.39, 0.29) is 0 Å². The summed E-state index contributed by atoms with van der Waals surface area (Å²) in [6.45, 7) is 0. The van der Waals surface area contributed by atoms with Crippen LogP contribution in [-0.4, -0.2) is 17.1 Å². The average Bonchev–Trinajstić information content (AvgIpc) is 2.36. The Labute approximate surface area is 61.0 Å². The minimum atomic E-state index is -0.515. The summed E-state index contributed by atoms with van der Waals surface area (Å²) in [4.78, 5) is 13.8. The van der Waals surface area contributed by atoms with Crippen LogP contribution in [0.5, 0.6) is 0 Å². The van der Waals surface area contributed by atoms with Crippen molar-refractivity contribution in [2.24, 2.45) is 0 Å². The largest absolute Gasteiger partial charge is 0.248 e. The van der Waals surface area contributed by atoms with Gasteiger partial charge in [-0.05, 0) is 0 Å². The van der Waals surface area contributed by atoms with Crippen molar-refractivity contribution >= 4 is 16.5 Å². The summed E-state index contributed by atoms with van der Waals surface area (Å²) in [6, 6.07) is 0. The summed E-state index contributed by atoms with van der Waals surface area (Å²) in [5.74, 6) is 0. The highest BCUT2D eigenvalue weighted by Gasteiger charge is 2.11. The van der Waals surface area contributed by atoms with E-state index >= 15 is 0 Å². The van der Waals surface area contributed by atoms with Crippen LogP contribution in [0.3, 0.4) is 0 Å². The molecule has 0 atom stereocenters. The fraction of sp³-hybridized carbons (Fsp3) is 0.250. The standard InChI is InChI=1S/C4H5N3O2S/c1-6(7(8)9)4-5-2-3-10-4/h2-3H,1H3. The molecule has 0 bridgehead atoms. The number of hydrogen-bond donors (Lipinski definition) is 0. The maximum absolute atomic E-state index is 10.1. The third-order valence-electron chi connectivity index (χ3n) is 0.941. The molecule has 5 nitrogen and oxygen atoms in total. The second-order valence-corrected chi connectivity index (χ2v) is 2.45. The number of aromatic nitrogens is 1. The molecule has 0 fully saturated rings. The number of nitro groups is 1. The molecule has 0 spiro atoms. The van der Waals surface area contributed by atoms with Gasteiger partial charge in [0.1, 0.15) is 0 Å². The van der Waals surface area contributed by atoms with Gasteiger partial charge < -0.3 is 0 Å². The van der Waals surface area contributed by atoms with Crippen LogP contribution < -0.4 is 5.01 Å². The van der Waals surface area contributed by atoms with Gasteiger partial charge in [-0.1, -0.05) is 16.3 Å². The minimum Gasteiger partial charge on any atom is -0.234 e. The van der Waals surface area contributed by atoms with Gasteiger partial charge in [0.05, 0.1) is 7.05 Å². The smallest absolute Gasteiger partial charge is 0.234 e. The minimum absolute atomic E-state index is 0.394. The first-order valence-corrected chi connectivity index (χ1v) is 3.37. The van der Waals surface area contributed by atoms with Crippen LogP contribution in [0.15, 0.2) is 11.6 Å². The SMILES string of the molecule is CN(c1nccs1)[N+](=O)[O-]. The van der Waals surface area contributed by atoms with Crippen molar-refractivity contribution in [3.05, 3.63) is 21.7 Å². The van der Waals surface area contributed by atoms with Crippen LogP contribution in [0.1, 0.15) is 0 Å². The van der Waals surface area contributed by atoms with Crippen LogP contribution in [0.4, 0.5) is 5.13 Å². The molecule has 0 radical (unpaired) electrons. The molecule has 0 aliphatic rings. The average molecular weight is 159 g/mol. The number of nitrogens with zero attached hydrogens (tertiary/aromatic N) is 3. The van der Waals surface area contributed by atoms with E-state index in [2.05, 4.69) is 4.98 Å². The van der Waals surface area contributed by atoms with Gasteiger partial charge >= 0.3 is 0 Å². The molecular formula is C4H5N3O2S. The van der Waals surface area contributed by atoms with Crippen LogP contribution in [0, 0.1) is 10.1 Å². The Morgan fingerprint density at radius 2 is 2.60 bits per heavy atom. The lowest BCUT2D eigenvalue weighted by Gasteiger charge is -2.00. The summed E-state index contributed by atoms with van der Waals surface area (Å²) in [7, 11) is 1.36. The molecule has 0 aliphatic carbocycles. The molecule has 6 heteroatoms. The first kappa shape index (κ1) is 6.94. The van der Waals surface area contributed by atoms with Crippen molar-refractivity contribution in [2.45, 2.75) is 0 Å². The van der Waals surface area contributed by atoms with Crippen molar-refractivity contribution in [1.29, 1.82) is 0 Å². The molecule has 54 valence electrons. The quantitative estimate of drug-likeness (QED) is 0.472. The Morgan fingerprint density at radius 3 is 3.00 bits per heavy atom. The third kappa shape index (κ3) is 1.21. The summed E-state index contributed by atoms with van der Waals surface area (Å²) in [6.07, 6.45) is 1.53. The fourth-order valence-electron chi connectivity index (χ4n) is 0.446. The lowest BCUT2D eigenvalue weighted by atomic mass is 11.0. The molecule has 1 aromatic rings. The third-order valence-corrected chi connectivity index (χ3v) is 1.78. The first-order valence-electron chi connectivity index (χ1n) is 2.49. The lowest BCUT2D eigenvalue weighted by molar-refractivity contribution is -0.490. The van der Waals surface area contributed by atoms with Gasteiger partial charge in [0.15, 0.2) is 5.03 Å². The second kappa shape index (κ2) is 2.61. The zero-order valence-electron chi connectivity index (χ0n) is 5.22. The normalized spacial score (nSPS) is 9.30. The summed E-state index contributed by atoms with van der Waals surface area (Å²) >= 11 is 1.23. The van der Waals surface area contributed by atoms with Gasteiger partial charge in [-0.15, -0.1) is 0 Å². The molecule has 0 saturated heterocycles. The Hall–Kier alpha value is -1.17. The van der Waals surface area contributed by atoms with E-state index < -0.39 is 5.03 Å². The molecular weight excluding hydrogens is 154 g/mol. The molecule has 0 amide bonds. The molecule has 0 N–H and O–H groups in total. The van der Waals surface area contributed by atoms with Gasteiger partial charge in [0.2, 0.25) is 5.13 Å². The Morgan fingerprint density at radius 1 is 1.90 bits per heavy atom. The fourth-order valence-corrected chi connectivity index (χ4v) is 1.03. The van der Waals surface area contributed by atoms with Crippen LogP contribution in [0.25, 0.3) is 0 Å². The summed E-state index contributed by atoms with van der Waals surface area (Å²) < 4.78 is 0. The number of rotatable bonds is 2. The van der Waals surface area contributed by atoms with Crippen molar-refractivity contribution in [3.63, 3.8) is 0 Å². The van der Waals surface area contributed by atoms with E-state index in [1.54, 1.807) is 5.38 Å². The van der Waals surface area contributed by atoms with E-state index in [0.29, 0.717) is 5.13 Å². The van der Waals surface area contributed by atoms with E-state index in [4.69, 9.17) is 0 Å². The Balaban J connectivity index is 2.77. The highest BCUT2D eigenvalue weighted by Crippen LogP contribution is 2.14. The molecule has 0 aromatic carbocycles. The maximum Gasteiger partial charge on any atom is 0.248 e. The van der Waals surface area contributed by atoms with Crippen LogP contribution in [0.2, 0.25) is 0 Å². The monoisotopic (exact) mass is 159 g/mol. The molecule has 1 aromatic heterocycles. The Bertz CT molecular complexity index is 222. The highest BCUT2D eigenvalue weighted by molar-refractivity contribution is 7.13. The highest BCUT2D eigenvalue weighted by atomic mass is 32.1. The van der Waals surface area contributed by atoms with E-state index in [1.807, 2.05) is 0 Å². The molecule has 1 heterocycles. The number of thiazole rings is 1. The predicted octanol–water partition coefficient (Wildman–Crippen LogP) is 0.771. The molecule has 0 saturated carbocycles. The maximum atomic E-state index is 10.1. The summed E-state index contributed by atoms with van der Waals surface area (Å²) in [5, 5.41) is 12.5. The zero-order chi connectivity index (χ0) is 7.56. The zero-order valence-corrected chi connectivity index (χ0v) is 6.04. The van der Waals surface area contributed by atoms with Gasteiger partial charge in [0, 0.05) is 11.6 Å². The van der Waals surface area contributed by atoms with E-state index in [1.165, 1.54) is 24.6 Å². The van der Waals surface area contributed by atoms with Gasteiger partial charge in [-0.2, -0.15) is 0 Å². The van der Waals surface area contributed by atoms with Crippen LogP contribution >= 0.6 is 11.3 Å². The van der Waals surface area contributed by atoms with Crippen molar-refractivity contribution in [2.75, 3.05) is 12.1 Å². The topological polar surface area (TPSA) is 59.3 Å². The van der Waals surface area contributed by atoms with Crippen molar-refractivity contribution < 1.29 is 5.03 Å². The molecule has 10 heavy (non-hydrogen) atoms. The van der Waals surface area contributed by atoms with Crippen LogP contribution in [-0.2, 0) is 0 Å². The van der Waals surface area contributed by atoms with Gasteiger partial charge in [-0.3, -0.25) is 0 Å². The van der Waals surface area contributed by atoms with Crippen molar-refractivity contribution in [3.8, 4) is 0 Å². The Kier molecular flexibility index (Phi) is 1.81. The molecule has 0 unspecified atom stereocenters. The predicted molar refractivity (Wildman–Crippen MR) is 37.5 cm³/mol. The van der Waals surface area contributed by atoms with E-state index in [9.17, 15) is 10.1 Å². The molecule has 1 rings (SSSR count). The van der Waals surface area contributed by atoms with E-state index in [0.717, 1.165) is 5.01 Å². The van der Waals surface area contributed by atoms with Crippen molar-refractivity contribution in [1.82, 2.24) is 4.98 Å². The number of anilines is 1. The summed E-state index contributed by atoms with van der Waals surface area (Å²) in [5.41, 5.74) is 0. The van der Waals surface area contributed by atoms with Gasteiger partial charge in [-0.25, -0.2) is 15.1 Å². The lowest BCUT2D eigenvalue weighted by Crippen LogP contribution is -2.23. The number of hydrazine groups is 1. The first-order chi connectivity index (χ1) is 4.72. The number of hydrogen-bond acceptors (Lipinski definition) is 4. The second-order valence-electron chi connectivity index (χ2n) is 1.58. The van der Waals surface area contributed by atoms with Gasteiger partial charge in [0.25, 0.3) is 0 Å². The molecule has 0 aliphatic heterocycles.